The maximum atomic E-state index is 12.6. The van der Waals surface area contributed by atoms with E-state index in [1.807, 2.05) is 41.9 Å². The van der Waals surface area contributed by atoms with Crippen molar-refractivity contribution in [3.8, 4) is 11.3 Å². The fourth-order valence-electron chi connectivity index (χ4n) is 3.79. The first-order chi connectivity index (χ1) is 16.0. The second kappa shape index (κ2) is 8.55. The lowest BCUT2D eigenvalue weighted by Crippen LogP contribution is -2.36. The predicted molar refractivity (Wildman–Crippen MR) is 124 cm³/mol. The maximum Gasteiger partial charge on any atom is 0.258 e. The van der Waals surface area contributed by atoms with Gasteiger partial charge in [-0.05, 0) is 36.8 Å². The van der Waals surface area contributed by atoms with Crippen LogP contribution in [0, 0.1) is 6.92 Å². The largest absolute Gasteiger partial charge is 0.338 e. The lowest BCUT2D eigenvalue weighted by molar-refractivity contribution is -0.119. The van der Waals surface area contributed by atoms with Crippen LogP contribution in [-0.2, 0) is 17.9 Å². The molecule has 8 nitrogen and oxygen atoms in total. The molecule has 2 amide bonds. The number of hydrogen-bond donors (Lipinski definition) is 1. The fraction of sp³-hybridized carbons (Fsp3) is 0.167. The summed E-state index contributed by atoms with van der Waals surface area (Å²) in [6, 6.07) is 17.9. The minimum atomic E-state index is -0.321. The molecule has 0 spiro atoms. The molecule has 0 saturated heterocycles. The van der Waals surface area contributed by atoms with E-state index in [-0.39, 0.29) is 17.7 Å². The molecule has 0 aliphatic carbocycles. The van der Waals surface area contributed by atoms with Crippen LogP contribution in [0.2, 0.25) is 5.02 Å². The van der Waals surface area contributed by atoms with E-state index < -0.39 is 0 Å². The third kappa shape index (κ3) is 4.38. The molecule has 0 atom stereocenters. The van der Waals surface area contributed by atoms with Gasteiger partial charge in [0.25, 0.3) is 5.91 Å². The molecule has 1 N–H and O–H groups in total. The number of anilines is 2. The van der Waals surface area contributed by atoms with Crippen LogP contribution in [-0.4, -0.2) is 26.8 Å². The van der Waals surface area contributed by atoms with E-state index >= 15 is 0 Å². The summed E-state index contributed by atoms with van der Waals surface area (Å²) in [6.45, 7) is 2.92. The molecular weight excluding hydrogens is 442 g/mol. The Balaban J connectivity index is 1.26. The van der Waals surface area contributed by atoms with Crippen molar-refractivity contribution in [2.45, 2.75) is 26.4 Å². The molecule has 0 bridgehead atoms. The summed E-state index contributed by atoms with van der Waals surface area (Å²) < 4.78 is 7.10. The summed E-state index contributed by atoms with van der Waals surface area (Å²) in [6.07, 6.45) is 0.420. The van der Waals surface area contributed by atoms with E-state index in [4.69, 9.17) is 16.1 Å². The Labute approximate surface area is 194 Å². The quantitative estimate of drug-likeness (QED) is 0.465. The first-order valence-electron chi connectivity index (χ1n) is 10.4. The summed E-state index contributed by atoms with van der Waals surface area (Å²) in [5.41, 5.74) is 3.62. The molecule has 0 radical (unpaired) electrons. The van der Waals surface area contributed by atoms with Gasteiger partial charge in [0.05, 0.1) is 18.8 Å². The Kier molecular flexibility index (Phi) is 5.43. The predicted octanol–water partition coefficient (Wildman–Crippen LogP) is 4.69. The average Bonchev–Trinajstić information content (AvgIpc) is 3.42. The standard InChI is InChI=1S/C24H20ClN5O3/c1-15-11-22-29(23(31)9-10-30(22)27-15)14-16-5-7-17(8-6-16)24(32)26-21-13-20(28-33-21)18-3-2-4-19(25)12-18/h2-8,11-13H,9-10,14H2,1H3,(H,26,32). The highest BCUT2D eigenvalue weighted by molar-refractivity contribution is 6.30. The molecule has 1 aliphatic rings. The number of halogens is 1. The molecule has 33 heavy (non-hydrogen) atoms. The summed E-state index contributed by atoms with van der Waals surface area (Å²) in [5.74, 6) is 0.774. The van der Waals surface area contributed by atoms with E-state index in [9.17, 15) is 9.59 Å². The van der Waals surface area contributed by atoms with Gasteiger partial charge in [-0.2, -0.15) is 5.10 Å². The van der Waals surface area contributed by atoms with Gasteiger partial charge in [-0.15, -0.1) is 0 Å². The molecule has 0 unspecified atom stereocenters. The number of carbonyl (C=O) groups excluding carboxylic acids is 2. The third-order valence-corrected chi connectivity index (χ3v) is 5.66. The number of hydrogen-bond acceptors (Lipinski definition) is 5. The molecule has 2 aromatic carbocycles. The normalized spacial score (nSPS) is 13.2. The van der Waals surface area contributed by atoms with E-state index in [1.165, 1.54) is 0 Å². The van der Waals surface area contributed by atoms with Crippen LogP contribution in [0.3, 0.4) is 0 Å². The van der Waals surface area contributed by atoms with Crippen molar-refractivity contribution in [1.29, 1.82) is 0 Å². The summed E-state index contributed by atoms with van der Waals surface area (Å²) in [4.78, 5) is 26.8. The lowest BCUT2D eigenvalue weighted by Gasteiger charge is -2.27. The number of nitrogens with one attached hydrogen (secondary N) is 1. The van der Waals surface area contributed by atoms with Gasteiger partial charge in [0, 0.05) is 34.7 Å². The first kappa shape index (κ1) is 21.0. The summed E-state index contributed by atoms with van der Waals surface area (Å²) >= 11 is 6.02. The van der Waals surface area contributed by atoms with Gasteiger partial charge in [0.2, 0.25) is 11.8 Å². The van der Waals surface area contributed by atoms with Gasteiger partial charge < -0.3 is 4.52 Å². The highest BCUT2D eigenvalue weighted by Gasteiger charge is 2.25. The number of fused-ring (bicyclic) bond motifs is 1. The smallest absolute Gasteiger partial charge is 0.258 e. The van der Waals surface area contributed by atoms with Crippen LogP contribution in [0.15, 0.2) is 65.2 Å². The number of amides is 2. The second-order valence-electron chi connectivity index (χ2n) is 7.83. The highest BCUT2D eigenvalue weighted by Crippen LogP contribution is 2.26. The van der Waals surface area contributed by atoms with Gasteiger partial charge in [-0.25, -0.2) is 4.68 Å². The second-order valence-corrected chi connectivity index (χ2v) is 8.27. The van der Waals surface area contributed by atoms with E-state index in [0.29, 0.717) is 35.8 Å². The number of aromatic nitrogens is 3. The molecule has 3 heterocycles. The van der Waals surface area contributed by atoms with E-state index in [1.54, 1.807) is 35.2 Å². The number of rotatable bonds is 5. The van der Waals surface area contributed by atoms with Crippen molar-refractivity contribution in [2.75, 3.05) is 10.2 Å². The van der Waals surface area contributed by atoms with Crippen molar-refractivity contribution in [3.05, 3.63) is 82.5 Å². The Hall–Kier alpha value is -3.91. The number of carbonyl (C=O) groups is 2. The molecule has 1 aliphatic heterocycles. The number of benzene rings is 2. The zero-order valence-corrected chi connectivity index (χ0v) is 18.5. The molecule has 2 aromatic heterocycles. The van der Waals surface area contributed by atoms with Crippen LogP contribution in [0.1, 0.15) is 28.0 Å². The Morgan fingerprint density at radius 2 is 1.97 bits per heavy atom. The fourth-order valence-corrected chi connectivity index (χ4v) is 3.98. The zero-order chi connectivity index (χ0) is 22.9. The van der Waals surface area contributed by atoms with Crippen molar-refractivity contribution in [3.63, 3.8) is 0 Å². The van der Waals surface area contributed by atoms with Gasteiger partial charge in [-0.1, -0.05) is 41.0 Å². The molecule has 166 valence electrons. The van der Waals surface area contributed by atoms with Crippen LogP contribution in [0.4, 0.5) is 11.7 Å². The summed E-state index contributed by atoms with van der Waals surface area (Å²) in [7, 11) is 0. The molecule has 5 rings (SSSR count). The molecule has 0 saturated carbocycles. The first-order valence-corrected chi connectivity index (χ1v) is 10.8. The van der Waals surface area contributed by atoms with Gasteiger partial charge in [-0.3, -0.25) is 19.8 Å². The zero-order valence-electron chi connectivity index (χ0n) is 17.8. The number of nitrogens with zero attached hydrogens (tertiary/aromatic N) is 4. The summed E-state index contributed by atoms with van der Waals surface area (Å²) in [5, 5.41) is 11.7. The molecule has 0 fully saturated rings. The topological polar surface area (TPSA) is 93.3 Å². The highest BCUT2D eigenvalue weighted by atomic mass is 35.5. The van der Waals surface area contributed by atoms with Crippen LogP contribution in [0.25, 0.3) is 11.3 Å². The van der Waals surface area contributed by atoms with E-state index in [0.717, 1.165) is 22.6 Å². The Bertz CT molecular complexity index is 1340. The lowest BCUT2D eigenvalue weighted by atomic mass is 10.1. The van der Waals surface area contributed by atoms with Gasteiger partial charge >= 0.3 is 0 Å². The van der Waals surface area contributed by atoms with E-state index in [2.05, 4.69) is 15.6 Å². The van der Waals surface area contributed by atoms with Crippen LogP contribution in [0.5, 0.6) is 0 Å². The third-order valence-electron chi connectivity index (χ3n) is 5.42. The average molecular weight is 462 g/mol. The monoisotopic (exact) mass is 461 g/mol. The van der Waals surface area contributed by atoms with Crippen LogP contribution >= 0.6 is 11.6 Å². The SMILES string of the molecule is Cc1cc2n(n1)CCC(=O)N2Cc1ccc(C(=O)Nc2cc(-c3cccc(Cl)c3)no2)cc1. The molecule has 4 aromatic rings. The minimum Gasteiger partial charge on any atom is -0.338 e. The Morgan fingerprint density at radius 3 is 2.76 bits per heavy atom. The van der Waals surface area contributed by atoms with Crippen molar-refractivity contribution < 1.29 is 14.1 Å². The molecular formula is C24H20ClN5O3. The van der Waals surface area contributed by atoms with Crippen molar-refractivity contribution in [2.24, 2.45) is 0 Å². The minimum absolute atomic E-state index is 0.0602. The van der Waals surface area contributed by atoms with Crippen molar-refractivity contribution >= 4 is 35.1 Å². The Morgan fingerprint density at radius 1 is 1.15 bits per heavy atom. The van der Waals surface area contributed by atoms with Gasteiger partial charge in [0.1, 0.15) is 11.5 Å². The van der Waals surface area contributed by atoms with Crippen molar-refractivity contribution in [1.82, 2.24) is 14.9 Å². The van der Waals surface area contributed by atoms with Gasteiger partial charge in [0.15, 0.2) is 0 Å². The number of aryl methyl sites for hydroxylation is 2. The maximum absolute atomic E-state index is 12.6. The molecule has 9 heteroatoms. The van der Waals surface area contributed by atoms with Crippen LogP contribution < -0.4 is 10.2 Å².